The lowest BCUT2D eigenvalue weighted by Gasteiger charge is -2.15. The van der Waals surface area contributed by atoms with Crippen LogP contribution in [0.25, 0.3) is 0 Å². The zero-order valence-electron chi connectivity index (χ0n) is 9.29. The molecule has 1 unspecified atom stereocenters. The van der Waals surface area contributed by atoms with Crippen molar-refractivity contribution in [1.82, 2.24) is 4.98 Å². The monoisotopic (exact) mass is 236 g/mol. The third-order valence-corrected chi connectivity index (χ3v) is 2.72. The summed E-state index contributed by atoms with van der Waals surface area (Å²) in [5.74, 6) is -1.31. The summed E-state index contributed by atoms with van der Waals surface area (Å²) in [7, 11) is 1.50. The topological polar surface area (TPSA) is 79.7 Å². The van der Waals surface area contributed by atoms with Crippen LogP contribution in [0.5, 0.6) is 5.88 Å². The van der Waals surface area contributed by atoms with E-state index in [1.54, 1.807) is 12.1 Å². The minimum Gasteiger partial charge on any atom is -0.481 e. The van der Waals surface area contributed by atoms with Crippen molar-refractivity contribution in [2.45, 2.75) is 6.42 Å². The van der Waals surface area contributed by atoms with Crippen LogP contribution in [0.2, 0.25) is 0 Å². The Morgan fingerprint density at radius 2 is 2.35 bits per heavy atom. The Bertz CT molecular complexity index is 443. The Morgan fingerprint density at radius 3 is 2.82 bits per heavy atom. The quantitative estimate of drug-likeness (QED) is 0.827. The van der Waals surface area contributed by atoms with E-state index in [0.29, 0.717) is 11.6 Å². The van der Waals surface area contributed by atoms with Crippen LogP contribution < -0.4 is 9.64 Å². The molecule has 1 atom stereocenters. The molecular formula is C11H12N2O4. The summed E-state index contributed by atoms with van der Waals surface area (Å²) in [6.07, 6.45) is 1.54. The van der Waals surface area contributed by atoms with E-state index in [-0.39, 0.29) is 18.9 Å². The highest BCUT2D eigenvalue weighted by atomic mass is 16.5. The van der Waals surface area contributed by atoms with Gasteiger partial charge in [-0.1, -0.05) is 0 Å². The maximum Gasteiger partial charge on any atom is 0.308 e. The van der Waals surface area contributed by atoms with Crippen LogP contribution in [0.15, 0.2) is 18.3 Å². The summed E-state index contributed by atoms with van der Waals surface area (Å²) in [5.41, 5.74) is 0.597. The second-order valence-corrected chi connectivity index (χ2v) is 3.80. The SMILES string of the molecule is COc1ccc(N2CC(C(=O)O)CC2=O)cn1. The number of carbonyl (C=O) groups excluding carboxylic acids is 1. The second kappa shape index (κ2) is 4.40. The summed E-state index contributed by atoms with van der Waals surface area (Å²) in [6, 6.07) is 3.32. The first-order valence-electron chi connectivity index (χ1n) is 5.15. The first-order valence-corrected chi connectivity index (χ1v) is 5.15. The van der Waals surface area contributed by atoms with Gasteiger partial charge in [-0.3, -0.25) is 9.59 Å². The van der Waals surface area contributed by atoms with Crippen LogP contribution in [-0.2, 0) is 9.59 Å². The Kier molecular flexibility index (Phi) is 2.95. The van der Waals surface area contributed by atoms with Crippen molar-refractivity contribution in [2.24, 2.45) is 5.92 Å². The molecule has 17 heavy (non-hydrogen) atoms. The van der Waals surface area contributed by atoms with Crippen molar-refractivity contribution in [3.05, 3.63) is 18.3 Å². The van der Waals surface area contributed by atoms with E-state index in [4.69, 9.17) is 9.84 Å². The average Bonchev–Trinajstić information content (AvgIpc) is 2.72. The van der Waals surface area contributed by atoms with E-state index in [9.17, 15) is 9.59 Å². The summed E-state index contributed by atoms with van der Waals surface area (Å²) in [6.45, 7) is 0.197. The molecule has 6 heteroatoms. The van der Waals surface area contributed by atoms with E-state index < -0.39 is 11.9 Å². The van der Waals surface area contributed by atoms with Gasteiger partial charge in [0.2, 0.25) is 11.8 Å². The van der Waals surface area contributed by atoms with Crippen LogP contribution >= 0.6 is 0 Å². The number of nitrogens with zero attached hydrogens (tertiary/aromatic N) is 2. The van der Waals surface area contributed by atoms with Crippen LogP contribution in [0, 0.1) is 5.92 Å². The maximum atomic E-state index is 11.6. The van der Waals surface area contributed by atoms with Gasteiger partial charge in [-0.15, -0.1) is 0 Å². The first-order chi connectivity index (χ1) is 8.11. The number of hydrogen-bond donors (Lipinski definition) is 1. The number of carbonyl (C=O) groups is 2. The highest BCUT2D eigenvalue weighted by Crippen LogP contribution is 2.25. The molecule has 0 saturated carbocycles. The number of carboxylic acids is 1. The predicted octanol–water partition coefficient (Wildman–Crippen LogP) is 0.528. The molecule has 1 aliphatic rings. The summed E-state index contributed by atoms with van der Waals surface area (Å²) < 4.78 is 4.91. The van der Waals surface area contributed by atoms with Gasteiger partial charge in [0.05, 0.1) is 24.9 Å². The molecule has 1 saturated heterocycles. The molecular weight excluding hydrogens is 224 g/mol. The van der Waals surface area contributed by atoms with Crippen molar-refractivity contribution >= 4 is 17.6 Å². The van der Waals surface area contributed by atoms with Gasteiger partial charge < -0.3 is 14.7 Å². The van der Waals surface area contributed by atoms with Gasteiger partial charge in [0.25, 0.3) is 0 Å². The Labute approximate surface area is 97.8 Å². The Hall–Kier alpha value is -2.11. The fraction of sp³-hybridized carbons (Fsp3) is 0.364. The van der Waals surface area contributed by atoms with E-state index in [1.807, 2.05) is 0 Å². The smallest absolute Gasteiger partial charge is 0.308 e. The van der Waals surface area contributed by atoms with Crippen molar-refractivity contribution in [3.63, 3.8) is 0 Å². The zero-order chi connectivity index (χ0) is 12.4. The van der Waals surface area contributed by atoms with Gasteiger partial charge in [-0.05, 0) is 6.07 Å². The highest BCUT2D eigenvalue weighted by molar-refractivity contribution is 5.99. The van der Waals surface area contributed by atoms with Gasteiger partial charge in [0, 0.05) is 19.0 Å². The number of rotatable bonds is 3. The molecule has 1 fully saturated rings. The number of aromatic nitrogens is 1. The van der Waals surface area contributed by atoms with Crippen molar-refractivity contribution in [1.29, 1.82) is 0 Å². The van der Waals surface area contributed by atoms with E-state index >= 15 is 0 Å². The predicted molar refractivity (Wildman–Crippen MR) is 58.9 cm³/mol. The number of amides is 1. The van der Waals surface area contributed by atoms with E-state index in [1.165, 1.54) is 18.2 Å². The van der Waals surface area contributed by atoms with Crippen LogP contribution in [0.1, 0.15) is 6.42 Å². The lowest BCUT2D eigenvalue weighted by molar-refractivity contribution is -0.141. The van der Waals surface area contributed by atoms with E-state index in [2.05, 4.69) is 4.98 Å². The number of anilines is 1. The molecule has 1 aromatic heterocycles. The summed E-state index contributed by atoms with van der Waals surface area (Å²) in [5, 5.41) is 8.86. The molecule has 0 aromatic carbocycles. The molecule has 0 bridgehead atoms. The van der Waals surface area contributed by atoms with E-state index in [0.717, 1.165) is 0 Å². The fourth-order valence-corrected chi connectivity index (χ4v) is 1.78. The van der Waals surface area contributed by atoms with Gasteiger partial charge >= 0.3 is 5.97 Å². The largest absolute Gasteiger partial charge is 0.481 e. The van der Waals surface area contributed by atoms with Gasteiger partial charge in [-0.2, -0.15) is 0 Å². The average molecular weight is 236 g/mol. The molecule has 0 radical (unpaired) electrons. The number of pyridine rings is 1. The van der Waals surface area contributed by atoms with Crippen LogP contribution in [0.3, 0.4) is 0 Å². The van der Waals surface area contributed by atoms with Crippen molar-refractivity contribution in [3.8, 4) is 5.88 Å². The zero-order valence-corrected chi connectivity index (χ0v) is 9.29. The standard InChI is InChI=1S/C11H12N2O4/c1-17-9-3-2-8(5-12-9)13-6-7(11(15)16)4-10(13)14/h2-3,5,7H,4,6H2,1H3,(H,15,16). The lowest BCUT2D eigenvalue weighted by atomic mass is 10.1. The van der Waals surface area contributed by atoms with Crippen LogP contribution in [-0.4, -0.2) is 35.6 Å². The third-order valence-electron chi connectivity index (χ3n) is 2.72. The molecule has 1 amide bonds. The van der Waals surface area contributed by atoms with Crippen molar-refractivity contribution in [2.75, 3.05) is 18.6 Å². The van der Waals surface area contributed by atoms with Crippen LogP contribution in [0.4, 0.5) is 5.69 Å². The molecule has 2 rings (SSSR count). The number of methoxy groups -OCH3 is 1. The minimum atomic E-state index is -0.942. The first kappa shape index (κ1) is 11.4. The number of ether oxygens (including phenoxy) is 1. The molecule has 0 spiro atoms. The number of carboxylic acid groups (broad SMARTS) is 1. The maximum absolute atomic E-state index is 11.6. The molecule has 0 aliphatic carbocycles. The Morgan fingerprint density at radius 1 is 1.59 bits per heavy atom. The normalized spacial score (nSPS) is 19.5. The minimum absolute atomic E-state index is 0.0430. The molecule has 1 aliphatic heterocycles. The molecule has 90 valence electrons. The van der Waals surface area contributed by atoms with Crippen molar-refractivity contribution < 1.29 is 19.4 Å². The molecule has 2 heterocycles. The van der Waals surface area contributed by atoms with Gasteiger partial charge in [0.1, 0.15) is 0 Å². The molecule has 1 N–H and O–H groups in total. The Balaban J connectivity index is 2.17. The van der Waals surface area contributed by atoms with Gasteiger partial charge in [-0.25, -0.2) is 4.98 Å². The number of hydrogen-bond acceptors (Lipinski definition) is 4. The third kappa shape index (κ3) is 2.20. The fourth-order valence-electron chi connectivity index (χ4n) is 1.78. The summed E-state index contributed by atoms with van der Waals surface area (Å²) in [4.78, 5) is 27.9. The highest BCUT2D eigenvalue weighted by Gasteiger charge is 2.35. The second-order valence-electron chi connectivity index (χ2n) is 3.80. The molecule has 6 nitrogen and oxygen atoms in total. The summed E-state index contributed by atoms with van der Waals surface area (Å²) >= 11 is 0. The lowest BCUT2D eigenvalue weighted by Crippen LogP contribution is -2.25. The number of aliphatic carboxylic acids is 1. The molecule has 1 aromatic rings. The van der Waals surface area contributed by atoms with Gasteiger partial charge in [0.15, 0.2) is 0 Å².